The minimum Gasteiger partial charge on any atom is -0.465 e. The number of likely N-dealkylation sites (tertiary alicyclic amines) is 1. The molecule has 1 rings (SSSR count). The molecule has 0 aromatic rings. The second-order valence-corrected chi connectivity index (χ2v) is 3.51. The fourth-order valence-corrected chi connectivity index (χ4v) is 1.32. The molecule has 6 nitrogen and oxygen atoms in total. The molecule has 0 radical (unpaired) electrons. The van der Waals surface area contributed by atoms with Crippen molar-refractivity contribution in [2.45, 2.75) is 25.2 Å². The highest BCUT2D eigenvalue weighted by atomic mass is 19.1. The second-order valence-electron chi connectivity index (χ2n) is 3.51. The summed E-state index contributed by atoms with van der Waals surface area (Å²) in [6, 6.07) is -1.23. The lowest BCUT2D eigenvalue weighted by atomic mass is 10.1. The molecular weight excluding hydrogens is 207 g/mol. The number of carbonyl (C=O) groups excluding carboxylic acids is 1. The maximum absolute atomic E-state index is 12.5. The maximum Gasteiger partial charge on any atom is 0.405 e. The van der Waals surface area contributed by atoms with Crippen molar-refractivity contribution in [2.75, 3.05) is 13.1 Å². The summed E-state index contributed by atoms with van der Waals surface area (Å²) in [5.41, 5.74) is 0. The van der Waals surface area contributed by atoms with Crippen molar-refractivity contribution in [3.8, 4) is 0 Å². The monoisotopic (exact) mass is 220 g/mol. The topological polar surface area (TPSA) is 89.9 Å². The fraction of sp³-hybridized carbons (Fsp3) is 0.750. The van der Waals surface area contributed by atoms with Gasteiger partial charge in [-0.25, -0.2) is 9.18 Å². The molecule has 0 spiro atoms. The number of aliphatic hydroxyl groups is 1. The largest absolute Gasteiger partial charge is 0.465 e. The number of alkyl halides is 1. The number of nitrogens with one attached hydrogen (secondary N) is 1. The van der Waals surface area contributed by atoms with Crippen LogP contribution in [0.2, 0.25) is 0 Å². The molecule has 1 heterocycles. The fourth-order valence-electron chi connectivity index (χ4n) is 1.32. The van der Waals surface area contributed by atoms with Crippen molar-refractivity contribution >= 4 is 12.0 Å². The van der Waals surface area contributed by atoms with Gasteiger partial charge < -0.3 is 20.4 Å². The van der Waals surface area contributed by atoms with E-state index >= 15 is 0 Å². The summed E-state index contributed by atoms with van der Waals surface area (Å²) >= 11 is 0. The maximum atomic E-state index is 12.5. The highest BCUT2D eigenvalue weighted by Crippen LogP contribution is 2.13. The van der Waals surface area contributed by atoms with Gasteiger partial charge in [-0.1, -0.05) is 0 Å². The molecule has 2 amide bonds. The Kier molecular flexibility index (Phi) is 3.46. The number of rotatable bonds is 3. The molecular formula is C8H13FN2O4. The molecule has 0 aromatic heterocycles. The second kappa shape index (κ2) is 4.43. The van der Waals surface area contributed by atoms with Crippen LogP contribution in [-0.4, -0.2) is 58.5 Å². The normalized spacial score (nSPS) is 20.3. The zero-order chi connectivity index (χ0) is 11.6. The molecule has 1 aliphatic rings. The van der Waals surface area contributed by atoms with Gasteiger partial charge >= 0.3 is 6.09 Å². The summed E-state index contributed by atoms with van der Waals surface area (Å²) in [5, 5.41) is 19.5. The van der Waals surface area contributed by atoms with Crippen LogP contribution in [0.15, 0.2) is 0 Å². The summed E-state index contributed by atoms with van der Waals surface area (Å²) in [4.78, 5) is 23.0. The molecule has 86 valence electrons. The first-order chi connectivity index (χ1) is 6.91. The predicted molar refractivity (Wildman–Crippen MR) is 48.1 cm³/mol. The molecule has 7 heteroatoms. The van der Waals surface area contributed by atoms with E-state index in [1.54, 1.807) is 0 Å². The van der Waals surface area contributed by atoms with E-state index < -0.39 is 30.3 Å². The van der Waals surface area contributed by atoms with Crippen molar-refractivity contribution in [3.63, 3.8) is 0 Å². The molecule has 0 aliphatic carbocycles. The third-order valence-electron chi connectivity index (χ3n) is 2.18. The summed E-state index contributed by atoms with van der Waals surface area (Å²) < 4.78 is 12.5. The van der Waals surface area contributed by atoms with Gasteiger partial charge in [0, 0.05) is 0 Å². The molecule has 0 bridgehead atoms. The number of aliphatic hydroxyl groups excluding tert-OH is 1. The Morgan fingerprint density at radius 1 is 1.53 bits per heavy atom. The van der Waals surface area contributed by atoms with E-state index in [9.17, 15) is 19.1 Å². The zero-order valence-corrected chi connectivity index (χ0v) is 8.18. The summed E-state index contributed by atoms with van der Waals surface area (Å²) in [6.45, 7) is 1.22. The van der Waals surface area contributed by atoms with E-state index in [1.807, 2.05) is 5.32 Å². The lowest BCUT2D eigenvalue weighted by Crippen LogP contribution is -2.60. The van der Waals surface area contributed by atoms with E-state index in [0.717, 1.165) is 4.90 Å². The summed E-state index contributed by atoms with van der Waals surface area (Å²) in [6.07, 6.45) is -3.59. The van der Waals surface area contributed by atoms with E-state index in [-0.39, 0.29) is 13.1 Å². The van der Waals surface area contributed by atoms with Gasteiger partial charge in [0.2, 0.25) is 5.91 Å². The van der Waals surface area contributed by atoms with Crippen LogP contribution in [0.4, 0.5) is 9.18 Å². The van der Waals surface area contributed by atoms with Gasteiger partial charge in [0.15, 0.2) is 0 Å². The lowest BCUT2D eigenvalue weighted by Gasteiger charge is -2.37. The SMILES string of the molecule is C[C@@H](O)[C@@H](NC(=O)O)C(=O)N1CC(F)C1. The number of carbonyl (C=O) groups is 2. The van der Waals surface area contributed by atoms with Gasteiger partial charge in [-0.3, -0.25) is 4.79 Å². The Morgan fingerprint density at radius 2 is 2.07 bits per heavy atom. The minimum atomic E-state index is -1.40. The number of nitrogens with zero attached hydrogens (tertiary/aromatic N) is 1. The molecule has 0 unspecified atom stereocenters. The number of hydrogen-bond donors (Lipinski definition) is 3. The lowest BCUT2D eigenvalue weighted by molar-refractivity contribution is -0.142. The summed E-state index contributed by atoms with van der Waals surface area (Å²) in [5.74, 6) is -0.596. The predicted octanol–water partition coefficient (Wildman–Crippen LogP) is -0.816. The van der Waals surface area contributed by atoms with Crippen molar-refractivity contribution in [3.05, 3.63) is 0 Å². The Bertz CT molecular complexity index is 265. The molecule has 15 heavy (non-hydrogen) atoms. The van der Waals surface area contributed by atoms with Crippen molar-refractivity contribution in [1.29, 1.82) is 0 Å². The van der Waals surface area contributed by atoms with E-state index in [4.69, 9.17) is 5.11 Å². The van der Waals surface area contributed by atoms with Crippen molar-refractivity contribution in [2.24, 2.45) is 0 Å². The molecule has 1 fully saturated rings. The highest BCUT2D eigenvalue weighted by Gasteiger charge is 2.36. The molecule has 2 atom stereocenters. The van der Waals surface area contributed by atoms with Crippen LogP contribution in [0, 0.1) is 0 Å². The molecule has 1 saturated heterocycles. The van der Waals surface area contributed by atoms with Crippen LogP contribution in [0.5, 0.6) is 0 Å². The Labute approximate surface area is 85.7 Å². The van der Waals surface area contributed by atoms with Gasteiger partial charge in [-0.2, -0.15) is 0 Å². The van der Waals surface area contributed by atoms with Gasteiger partial charge in [-0.05, 0) is 6.92 Å². The van der Waals surface area contributed by atoms with Crippen LogP contribution < -0.4 is 5.32 Å². The van der Waals surface area contributed by atoms with Crippen LogP contribution in [0.1, 0.15) is 6.92 Å². The Morgan fingerprint density at radius 3 is 2.40 bits per heavy atom. The average Bonchev–Trinajstić information content (AvgIpc) is 2.07. The first-order valence-corrected chi connectivity index (χ1v) is 4.52. The first kappa shape index (κ1) is 11.7. The first-order valence-electron chi connectivity index (χ1n) is 4.52. The summed E-state index contributed by atoms with van der Waals surface area (Å²) in [7, 11) is 0. The third-order valence-corrected chi connectivity index (χ3v) is 2.18. The number of amides is 2. The average molecular weight is 220 g/mol. The number of halogens is 1. The highest BCUT2D eigenvalue weighted by molar-refractivity contribution is 5.86. The van der Waals surface area contributed by atoms with E-state index in [1.165, 1.54) is 6.92 Å². The van der Waals surface area contributed by atoms with Gasteiger partial charge in [0.1, 0.15) is 12.2 Å². The molecule has 0 saturated carbocycles. The Balaban J connectivity index is 2.55. The number of hydrogen-bond acceptors (Lipinski definition) is 3. The molecule has 1 aliphatic heterocycles. The van der Waals surface area contributed by atoms with E-state index in [2.05, 4.69) is 0 Å². The van der Waals surface area contributed by atoms with Gasteiger partial charge in [0.05, 0.1) is 19.2 Å². The quantitative estimate of drug-likeness (QED) is 0.580. The van der Waals surface area contributed by atoms with Crippen molar-refractivity contribution < 1.29 is 24.2 Å². The van der Waals surface area contributed by atoms with Crippen LogP contribution in [0.3, 0.4) is 0 Å². The van der Waals surface area contributed by atoms with E-state index in [0.29, 0.717) is 0 Å². The smallest absolute Gasteiger partial charge is 0.405 e. The zero-order valence-electron chi connectivity index (χ0n) is 8.18. The van der Waals surface area contributed by atoms with Gasteiger partial charge in [0.25, 0.3) is 0 Å². The molecule has 3 N–H and O–H groups in total. The van der Waals surface area contributed by atoms with Crippen molar-refractivity contribution in [1.82, 2.24) is 10.2 Å². The van der Waals surface area contributed by atoms with Crippen LogP contribution >= 0.6 is 0 Å². The van der Waals surface area contributed by atoms with Crippen LogP contribution in [0.25, 0.3) is 0 Å². The third kappa shape index (κ3) is 2.79. The Hall–Kier alpha value is -1.37. The van der Waals surface area contributed by atoms with Gasteiger partial charge in [-0.15, -0.1) is 0 Å². The molecule has 0 aromatic carbocycles. The number of carboxylic acid groups (broad SMARTS) is 1. The standard InChI is InChI=1S/C8H13FN2O4/c1-4(12)6(10-8(14)15)7(13)11-2-5(9)3-11/h4-6,10,12H,2-3H2,1H3,(H,14,15)/t4-,6-/m1/s1. The minimum absolute atomic E-state index is 0.0383. The van der Waals surface area contributed by atoms with Crippen LogP contribution in [-0.2, 0) is 4.79 Å².